The fraction of sp³-hybridized carbons (Fsp3) is 0.923. The van der Waals surface area contributed by atoms with Crippen molar-refractivity contribution in [1.29, 1.82) is 5.26 Å². The molecule has 0 aromatic heterocycles. The van der Waals surface area contributed by atoms with Gasteiger partial charge in [-0.1, -0.05) is 40.0 Å². The van der Waals surface area contributed by atoms with Gasteiger partial charge in [0.1, 0.15) is 0 Å². The molecule has 0 heterocycles. The Morgan fingerprint density at radius 3 is 2.32 bits per heavy atom. The summed E-state index contributed by atoms with van der Waals surface area (Å²) in [5.74, 6) is -0.361. The molecule has 0 aliphatic rings. The first kappa shape index (κ1) is 18.6. The van der Waals surface area contributed by atoms with Crippen LogP contribution in [0.1, 0.15) is 59.3 Å². The molecule has 0 spiro atoms. The van der Waals surface area contributed by atoms with E-state index in [-0.39, 0.29) is 12.5 Å². The van der Waals surface area contributed by atoms with Crippen LogP contribution in [0.5, 0.6) is 0 Å². The summed E-state index contributed by atoms with van der Waals surface area (Å²) in [6, 6.07) is 2.16. The minimum Gasteiger partial charge on any atom is -0.302 e. The van der Waals surface area contributed by atoms with Gasteiger partial charge in [-0.15, -0.1) is 0 Å². The van der Waals surface area contributed by atoms with Crippen molar-refractivity contribution in [3.8, 4) is 6.07 Å². The highest BCUT2D eigenvalue weighted by molar-refractivity contribution is 7.47. The largest absolute Gasteiger partial charge is 0.472 e. The van der Waals surface area contributed by atoms with E-state index in [1.807, 2.05) is 20.8 Å². The van der Waals surface area contributed by atoms with Gasteiger partial charge in [-0.05, 0) is 19.3 Å². The lowest BCUT2D eigenvalue weighted by molar-refractivity contribution is 0.0746. The summed E-state index contributed by atoms with van der Waals surface area (Å²) in [6.07, 6.45) is 3.94. The normalized spacial score (nSPS) is 17.4. The smallest absolute Gasteiger partial charge is 0.302 e. The molecule has 0 saturated heterocycles. The van der Waals surface area contributed by atoms with E-state index in [0.29, 0.717) is 19.3 Å². The van der Waals surface area contributed by atoms with Crippen LogP contribution in [0.25, 0.3) is 0 Å². The number of phosphoric ester groups is 1. The van der Waals surface area contributed by atoms with E-state index in [4.69, 9.17) is 14.3 Å². The Balaban J connectivity index is 4.54. The number of nitriles is 1. The van der Waals surface area contributed by atoms with Crippen LogP contribution in [0.4, 0.5) is 0 Å². The fourth-order valence-electron chi connectivity index (χ4n) is 1.78. The van der Waals surface area contributed by atoms with Crippen LogP contribution in [-0.2, 0) is 13.6 Å². The SMILES string of the molecule is CCCCOP(=O)(O)OC(CCC)C(C#N)CCC. The Labute approximate surface area is 116 Å². The van der Waals surface area contributed by atoms with Crippen LogP contribution in [0, 0.1) is 17.2 Å². The molecule has 0 radical (unpaired) electrons. The van der Waals surface area contributed by atoms with Crippen molar-refractivity contribution in [2.75, 3.05) is 6.61 Å². The third-order valence-corrected chi connectivity index (χ3v) is 3.85. The first-order valence-corrected chi connectivity index (χ1v) is 8.55. The zero-order chi connectivity index (χ0) is 14.7. The van der Waals surface area contributed by atoms with Crippen LogP contribution in [0.15, 0.2) is 0 Å². The summed E-state index contributed by atoms with van der Waals surface area (Å²) in [7, 11) is -4.05. The van der Waals surface area contributed by atoms with Crippen molar-refractivity contribution in [2.45, 2.75) is 65.4 Å². The monoisotopic (exact) mass is 291 g/mol. The molecule has 0 amide bonds. The van der Waals surface area contributed by atoms with Gasteiger partial charge in [0, 0.05) is 0 Å². The lowest BCUT2D eigenvalue weighted by atomic mass is 9.96. The minimum absolute atomic E-state index is 0.203. The van der Waals surface area contributed by atoms with E-state index in [0.717, 1.165) is 19.3 Å². The van der Waals surface area contributed by atoms with Crippen LogP contribution in [0.3, 0.4) is 0 Å². The van der Waals surface area contributed by atoms with E-state index < -0.39 is 13.9 Å². The quantitative estimate of drug-likeness (QED) is 0.459. The Morgan fingerprint density at radius 2 is 1.84 bits per heavy atom. The van der Waals surface area contributed by atoms with E-state index in [1.54, 1.807) is 0 Å². The summed E-state index contributed by atoms with van der Waals surface area (Å²) in [6.45, 7) is 6.11. The second-order valence-electron chi connectivity index (χ2n) is 4.61. The van der Waals surface area contributed by atoms with Gasteiger partial charge < -0.3 is 4.89 Å². The van der Waals surface area contributed by atoms with Crippen LogP contribution in [0.2, 0.25) is 0 Å². The van der Waals surface area contributed by atoms with Gasteiger partial charge in [-0.2, -0.15) is 5.26 Å². The summed E-state index contributed by atoms with van der Waals surface area (Å²) >= 11 is 0. The molecule has 3 atom stereocenters. The van der Waals surface area contributed by atoms with Crippen molar-refractivity contribution >= 4 is 7.82 Å². The molecule has 0 saturated carbocycles. The number of unbranched alkanes of at least 4 members (excludes halogenated alkanes) is 1. The minimum atomic E-state index is -4.05. The lowest BCUT2D eigenvalue weighted by Crippen LogP contribution is -2.22. The van der Waals surface area contributed by atoms with Crippen LogP contribution < -0.4 is 0 Å². The number of hydrogen-bond donors (Lipinski definition) is 1. The van der Waals surface area contributed by atoms with Gasteiger partial charge in [0.25, 0.3) is 0 Å². The summed E-state index contributed by atoms with van der Waals surface area (Å²) in [5, 5.41) is 9.12. The van der Waals surface area contributed by atoms with Crippen LogP contribution >= 0.6 is 7.82 Å². The molecule has 6 heteroatoms. The Bertz CT molecular complexity index is 316. The zero-order valence-corrected chi connectivity index (χ0v) is 13.1. The maximum atomic E-state index is 11.8. The molecule has 0 fully saturated rings. The molecular formula is C13H26NO4P. The number of hydrogen-bond acceptors (Lipinski definition) is 4. The summed E-state index contributed by atoms with van der Waals surface area (Å²) in [4.78, 5) is 9.65. The van der Waals surface area contributed by atoms with Gasteiger partial charge >= 0.3 is 7.82 Å². The van der Waals surface area contributed by atoms with Gasteiger partial charge in [-0.25, -0.2) is 4.57 Å². The predicted molar refractivity (Wildman–Crippen MR) is 74.5 cm³/mol. The Hall–Kier alpha value is -0.400. The molecule has 112 valence electrons. The Morgan fingerprint density at radius 1 is 1.21 bits per heavy atom. The van der Waals surface area contributed by atoms with Gasteiger partial charge in [0.15, 0.2) is 0 Å². The fourth-order valence-corrected chi connectivity index (χ4v) is 2.80. The Kier molecular flexibility index (Phi) is 10.2. The topological polar surface area (TPSA) is 79.6 Å². The molecule has 3 unspecified atom stereocenters. The molecule has 0 aliphatic heterocycles. The average Bonchev–Trinajstić information content (AvgIpc) is 2.35. The lowest BCUT2D eigenvalue weighted by Gasteiger charge is -2.23. The van der Waals surface area contributed by atoms with Crippen molar-refractivity contribution in [3.05, 3.63) is 0 Å². The maximum Gasteiger partial charge on any atom is 0.472 e. The molecule has 0 aliphatic carbocycles. The standard InChI is InChI=1S/C13H26NO4P/c1-4-7-10-17-19(15,16)18-13(9-6-3)12(11-14)8-5-2/h12-13H,4-10H2,1-3H3,(H,15,16). The first-order valence-electron chi connectivity index (χ1n) is 7.06. The predicted octanol–water partition coefficient (Wildman–Crippen LogP) is 4.03. The maximum absolute atomic E-state index is 11.8. The highest BCUT2D eigenvalue weighted by atomic mass is 31.2. The van der Waals surface area contributed by atoms with E-state index in [9.17, 15) is 9.46 Å². The van der Waals surface area contributed by atoms with Gasteiger partial charge in [0.2, 0.25) is 0 Å². The van der Waals surface area contributed by atoms with Crippen molar-refractivity contribution in [3.63, 3.8) is 0 Å². The second kappa shape index (κ2) is 10.4. The van der Waals surface area contributed by atoms with Gasteiger partial charge in [0.05, 0.1) is 24.7 Å². The number of phosphoric acid groups is 1. The van der Waals surface area contributed by atoms with Crippen molar-refractivity contribution in [2.24, 2.45) is 5.92 Å². The first-order chi connectivity index (χ1) is 9.00. The highest BCUT2D eigenvalue weighted by Gasteiger charge is 2.30. The molecular weight excluding hydrogens is 265 g/mol. The molecule has 1 N–H and O–H groups in total. The molecule has 5 nitrogen and oxygen atoms in total. The molecule has 0 rings (SSSR count). The molecule has 0 bridgehead atoms. The molecule has 0 aromatic rings. The summed E-state index contributed by atoms with van der Waals surface area (Å²) in [5.41, 5.74) is 0. The average molecular weight is 291 g/mol. The van der Waals surface area contributed by atoms with Crippen molar-refractivity contribution in [1.82, 2.24) is 0 Å². The van der Waals surface area contributed by atoms with E-state index in [2.05, 4.69) is 6.07 Å². The van der Waals surface area contributed by atoms with E-state index >= 15 is 0 Å². The van der Waals surface area contributed by atoms with Crippen molar-refractivity contribution < 1.29 is 18.5 Å². The summed E-state index contributed by atoms with van der Waals surface area (Å²) < 4.78 is 21.9. The van der Waals surface area contributed by atoms with Crippen LogP contribution in [-0.4, -0.2) is 17.6 Å². The third-order valence-electron chi connectivity index (χ3n) is 2.81. The highest BCUT2D eigenvalue weighted by Crippen LogP contribution is 2.46. The number of nitrogens with zero attached hydrogens (tertiary/aromatic N) is 1. The second-order valence-corrected chi connectivity index (χ2v) is 6.02. The van der Waals surface area contributed by atoms with E-state index in [1.165, 1.54) is 0 Å². The zero-order valence-electron chi connectivity index (χ0n) is 12.2. The number of rotatable bonds is 11. The third kappa shape index (κ3) is 8.39. The molecule has 19 heavy (non-hydrogen) atoms. The van der Waals surface area contributed by atoms with Gasteiger partial charge in [-0.3, -0.25) is 9.05 Å². The molecule has 0 aromatic carbocycles.